The maximum atomic E-state index is 12.9. The standard InChI is InChI=1S/C18H19BrN4O2/c1-11(2)17-21-15-7-5-12(19)9-14(15)18(24)23(17)20-10-13-6-8-16(25-13)22(3)4/h5-11H,1-4H3. The summed E-state index contributed by atoms with van der Waals surface area (Å²) in [6, 6.07) is 9.12. The SMILES string of the molecule is CC(C)c1nc2ccc(Br)cc2c(=O)n1N=Cc1ccc(N(C)C)o1. The number of aromatic nitrogens is 2. The summed E-state index contributed by atoms with van der Waals surface area (Å²) in [7, 11) is 3.79. The van der Waals surface area contributed by atoms with Crippen LogP contribution in [0.3, 0.4) is 0 Å². The molecule has 0 N–H and O–H groups in total. The van der Waals surface area contributed by atoms with Gasteiger partial charge in [-0.2, -0.15) is 9.78 Å². The van der Waals surface area contributed by atoms with Crippen LogP contribution in [0.4, 0.5) is 5.88 Å². The molecule has 0 saturated heterocycles. The summed E-state index contributed by atoms with van der Waals surface area (Å²) in [5.41, 5.74) is 0.460. The fourth-order valence-corrected chi connectivity index (χ4v) is 2.78. The lowest BCUT2D eigenvalue weighted by Gasteiger charge is -2.11. The van der Waals surface area contributed by atoms with Gasteiger partial charge in [0.2, 0.25) is 0 Å². The molecule has 1 aromatic carbocycles. The van der Waals surface area contributed by atoms with Gasteiger partial charge in [0.1, 0.15) is 11.6 Å². The van der Waals surface area contributed by atoms with Gasteiger partial charge in [0.05, 0.1) is 17.1 Å². The summed E-state index contributed by atoms with van der Waals surface area (Å²) in [4.78, 5) is 19.4. The summed E-state index contributed by atoms with van der Waals surface area (Å²) >= 11 is 3.40. The Morgan fingerprint density at radius 2 is 2.04 bits per heavy atom. The van der Waals surface area contributed by atoms with Crippen molar-refractivity contribution in [1.82, 2.24) is 9.66 Å². The van der Waals surface area contributed by atoms with Gasteiger partial charge in [0, 0.05) is 30.6 Å². The van der Waals surface area contributed by atoms with Gasteiger partial charge >= 0.3 is 0 Å². The lowest BCUT2D eigenvalue weighted by molar-refractivity contribution is 0.557. The van der Waals surface area contributed by atoms with Crippen molar-refractivity contribution in [3.8, 4) is 0 Å². The molecule has 3 aromatic rings. The zero-order valence-electron chi connectivity index (χ0n) is 14.5. The Hall–Kier alpha value is -2.41. The van der Waals surface area contributed by atoms with Crippen LogP contribution in [0.1, 0.15) is 31.4 Å². The smallest absolute Gasteiger partial charge is 0.282 e. The van der Waals surface area contributed by atoms with Crippen molar-refractivity contribution < 1.29 is 4.42 Å². The second-order valence-electron chi connectivity index (χ2n) is 6.22. The molecule has 0 aliphatic rings. The molecular formula is C18H19BrN4O2. The monoisotopic (exact) mass is 402 g/mol. The second-order valence-corrected chi connectivity index (χ2v) is 7.13. The van der Waals surface area contributed by atoms with Crippen molar-refractivity contribution in [1.29, 1.82) is 0 Å². The van der Waals surface area contributed by atoms with E-state index in [9.17, 15) is 4.79 Å². The van der Waals surface area contributed by atoms with E-state index in [2.05, 4.69) is 26.0 Å². The average molecular weight is 403 g/mol. The van der Waals surface area contributed by atoms with Crippen molar-refractivity contribution >= 4 is 38.9 Å². The van der Waals surface area contributed by atoms with Gasteiger partial charge in [-0.1, -0.05) is 29.8 Å². The maximum Gasteiger partial charge on any atom is 0.282 e. The largest absolute Gasteiger partial charge is 0.440 e. The van der Waals surface area contributed by atoms with E-state index in [1.165, 1.54) is 10.9 Å². The highest BCUT2D eigenvalue weighted by atomic mass is 79.9. The predicted octanol–water partition coefficient (Wildman–Crippen LogP) is 3.82. The van der Waals surface area contributed by atoms with E-state index in [1.807, 2.05) is 57.1 Å². The highest BCUT2D eigenvalue weighted by molar-refractivity contribution is 9.10. The van der Waals surface area contributed by atoms with Crippen LogP contribution in [-0.2, 0) is 0 Å². The number of halogens is 1. The first-order valence-corrected chi connectivity index (χ1v) is 8.70. The first-order valence-electron chi connectivity index (χ1n) is 7.90. The number of benzene rings is 1. The molecule has 3 rings (SSSR count). The summed E-state index contributed by atoms with van der Waals surface area (Å²) in [5, 5.41) is 4.86. The van der Waals surface area contributed by atoms with Crippen molar-refractivity contribution in [2.24, 2.45) is 5.10 Å². The van der Waals surface area contributed by atoms with Gasteiger partial charge in [-0.3, -0.25) is 4.79 Å². The Labute approximate surface area is 153 Å². The van der Waals surface area contributed by atoms with E-state index in [0.29, 0.717) is 22.5 Å². The van der Waals surface area contributed by atoms with E-state index in [0.717, 1.165) is 10.4 Å². The number of rotatable bonds is 4. The Morgan fingerprint density at radius 3 is 2.68 bits per heavy atom. The fraction of sp³-hybridized carbons (Fsp3) is 0.278. The molecule has 0 aliphatic carbocycles. The highest BCUT2D eigenvalue weighted by Gasteiger charge is 2.14. The van der Waals surface area contributed by atoms with Gasteiger partial charge in [-0.05, 0) is 24.3 Å². The molecule has 0 spiro atoms. The molecule has 0 unspecified atom stereocenters. The minimum absolute atomic E-state index is 0.0480. The number of hydrogen-bond donors (Lipinski definition) is 0. The Balaban J connectivity index is 2.12. The molecule has 0 aliphatic heterocycles. The molecule has 2 heterocycles. The fourth-order valence-electron chi connectivity index (χ4n) is 2.42. The van der Waals surface area contributed by atoms with Gasteiger partial charge < -0.3 is 9.32 Å². The molecule has 130 valence electrons. The third-order valence-corrected chi connectivity index (χ3v) is 4.20. The molecule has 2 aromatic heterocycles. The van der Waals surface area contributed by atoms with E-state index in [4.69, 9.17) is 4.42 Å². The van der Waals surface area contributed by atoms with Crippen LogP contribution in [-0.4, -0.2) is 30.0 Å². The van der Waals surface area contributed by atoms with Crippen LogP contribution < -0.4 is 10.5 Å². The van der Waals surface area contributed by atoms with Gasteiger partial charge in [0.15, 0.2) is 5.88 Å². The minimum atomic E-state index is -0.203. The van der Waals surface area contributed by atoms with Gasteiger partial charge in [-0.25, -0.2) is 4.98 Å². The lowest BCUT2D eigenvalue weighted by Crippen LogP contribution is -2.23. The first-order chi connectivity index (χ1) is 11.9. The van der Waals surface area contributed by atoms with Crippen LogP contribution in [0.5, 0.6) is 0 Å². The van der Waals surface area contributed by atoms with Crippen LogP contribution >= 0.6 is 15.9 Å². The Bertz CT molecular complexity index is 1000. The zero-order valence-corrected chi connectivity index (χ0v) is 16.1. The lowest BCUT2D eigenvalue weighted by atomic mass is 10.2. The summed E-state index contributed by atoms with van der Waals surface area (Å²) in [5.74, 6) is 1.94. The van der Waals surface area contributed by atoms with Crippen molar-refractivity contribution in [3.05, 3.63) is 56.7 Å². The van der Waals surface area contributed by atoms with Crippen LogP contribution in [0.15, 0.2) is 49.1 Å². The van der Waals surface area contributed by atoms with Crippen LogP contribution in [0.2, 0.25) is 0 Å². The molecular weight excluding hydrogens is 384 g/mol. The summed E-state index contributed by atoms with van der Waals surface area (Å²) < 4.78 is 7.82. The number of nitrogens with zero attached hydrogens (tertiary/aromatic N) is 4. The normalized spacial score (nSPS) is 11.8. The molecule has 25 heavy (non-hydrogen) atoms. The molecule has 0 fully saturated rings. The number of hydrogen-bond acceptors (Lipinski definition) is 5. The molecule has 0 radical (unpaired) electrons. The molecule has 6 nitrogen and oxygen atoms in total. The molecule has 0 amide bonds. The summed E-state index contributed by atoms with van der Waals surface area (Å²) in [6.07, 6.45) is 1.53. The highest BCUT2D eigenvalue weighted by Crippen LogP contribution is 2.19. The third-order valence-electron chi connectivity index (χ3n) is 3.70. The first kappa shape index (κ1) is 17.4. The van der Waals surface area contributed by atoms with Crippen LogP contribution in [0.25, 0.3) is 10.9 Å². The van der Waals surface area contributed by atoms with Gasteiger partial charge in [-0.15, -0.1) is 0 Å². The van der Waals surface area contributed by atoms with Crippen molar-refractivity contribution in [2.75, 3.05) is 19.0 Å². The average Bonchev–Trinajstić information content (AvgIpc) is 3.03. The van der Waals surface area contributed by atoms with E-state index in [-0.39, 0.29) is 11.5 Å². The van der Waals surface area contributed by atoms with Gasteiger partial charge in [0.25, 0.3) is 5.56 Å². The summed E-state index contributed by atoms with van der Waals surface area (Å²) in [6.45, 7) is 3.96. The minimum Gasteiger partial charge on any atom is -0.440 e. The Kier molecular flexibility index (Phi) is 4.76. The molecule has 7 heteroatoms. The number of furan rings is 1. The topological polar surface area (TPSA) is 63.6 Å². The van der Waals surface area contributed by atoms with E-state index < -0.39 is 0 Å². The number of anilines is 1. The predicted molar refractivity (Wildman–Crippen MR) is 104 cm³/mol. The van der Waals surface area contributed by atoms with E-state index in [1.54, 1.807) is 6.07 Å². The number of fused-ring (bicyclic) bond motifs is 1. The molecule has 0 atom stereocenters. The zero-order chi connectivity index (χ0) is 18.1. The Morgan fingerprint density at radius 1 is 1.28 bits per heavy atom. The quantitative estimate of drug-likeness (QED) is 0.622. The van der Waals surface area contributed by atoms with Crippen LogP contribution in [0, 0.1) is 0 Å². The molecule has 0 saturated carbocycles. The third kappa shape index (κ3) is 3.51. The maximum absolute atomic E-state index is 12.9. The second kappa shape index (κ2) is 6.84. The van der Waals surface area contributed by atoms with E-state index >= 15 is 0 Å². The van der Waals surface area contributed by atoms with Crippen molar-refractivity contribution in [3.63, 3.8) is 0 Å². The van der Waals surface area contributed by atoms with Crippen molar-refractivity contribution in [2.45, 2.75) is 19.8 Å². The molecule has 0 bridgehead atoms.